The van der Waals surface area contributed by atoms with Crippen molar-refractivity contribution in [1.29, 1.82) is 0 Å². The summed E-state index contributed by atoms with van der Waals surface area (Å²) in [5, 5.41) is 0. The zero-order valence-corrected chi connectivity index (χ0v) is 8.91. The molecule has 80 valence electrons. The Labute approximate surface area is 85.1 Å². The predicted molar refractivity (Wildman–Crippen MR) is 54.0 cm³/mol. The van der Waals surface area contributed by atoms with Gasteiger partial charge in [0.1, 0.15) is 12.7 Å². The highest BCUT2D eigenvalue weighted by Crippen LogP contribution is 2.22. The summed E-state index contributed by atoms with van der Waals surface area (Å²) in [6, 6.07) is 0. The number of hydrogen-bond donors (Lipinski definition) is 0. The highest BCUT2D eigenvalue weighted by atomic mass is 16.7. The molecule has 0 amide bonds. The first kappa shape index (κ1) is 11.4. The van der Waals surface area contributed by atoms with Crippen LogP contribution in [0, 0.1) is 0 Å². The van der Waals surface area contributed by atoms with E-state index in [1.54, 1.807) is 0 Å². The molecule has 1 aliphatic rings. The number of ether oxygens (including phenoxy) is 2. The van der Waals surface area contributed by atoms with Crippen LogP contribution in [0.25, 0.3) is 0 Å². The third-order valence-electron chi connectivity index (χ3n) is 2.22. The Balaban J connectivity index is 2.40. The second kappa shape index (κ2) is 4.71. The number of Topliss-reactive ketones (excluding diaryl/α,β-unsaturated/α-hetero) is 1. The highest BCUT2D eigenvalue weighted by Gasteiger charge is 2.34. The van der Waals surface area contributed by atoms with Crippen molar-refractivity contribution >= 4 is 5.78 Å². The molecule has 1 unspecified atom stereocenters. The normalized spacial score (nSPS) is 26.1. The van der Waals surface area contributed by atoms with Crippen molar-refractivity contribution in [1.82, 2.24) is 0 Å². The monoisotopic (exact) mass is 198 g/mol. The van der Waals surface area contributed by atoms with E-state index in [9.17, 15) is 4.79 Å². The van der Waals surface area contributed by atoms with E-state index in [2.05, 4.69) is 6.58 Å². The molecule has 3 heteroatoms. The topological polar surface area (TPSA) is 35.5 Å². The summed E-state index contributed by atoms with van der Waals surface area (Å²) in [5.41, 5.74) is 0. The first-order chi connectivity index (χ1) is 6.55. The van der Waals surface area contributed by atoms with Crippen molar-refractivity contribution in [3.05, 3.63) is 12.7 Å². The lowest BCUT2D eigenvalue weighted by molar-refractivity contribution is -0.259. The van der Waals surface area contributed by atoms with E-state index in [-0.39, 0.29) is 18.5 Å². The highest BCUT2D eigenvalue weighted by molar-refractivity contribution is 5.84. The van der Waals surface area contributed by atoms with Crippen LogP contribution in [0.3, 0.4) is 0 Å². The van der Waals surface area contributed by atoms with E-state index >= 15 is 0 Å². The lowest BCUT2D eigenvalue weighted by Crippen LogP contribution is -2.45. The van der Waals surface area contributed by atoms with E-state index in [1.165, 1.54) is 0 Å². The fourth-order valence-electron chi connectivity index (χ4n) is 1.45. The summed E-state index contributed by atoms with van der Waals surface area (Å²) >= 11 is 0. The standard InChI is InChI=1S/C11H18O3/c1-4-5-6-7-10-9(12)8-13-11(2,3)14-10/h4,10H,1,5-8H2,2-3H3. The molecule has 1 aliphatic heterocycles. The molecule has 1 fully saturated rings. The molecule has 14 heavy (non-hydrogen) atoms. The third-order valence-corrected chi connectivity index (χ3v) is 2.22. The summed E-state index contributed by atoms with van der Waals surface area (Å²) in [6.45, 7) is 7.48. The Kier molecular flexibility index (Phi) is 3.84. The third kappa shape index (κ3) is 3.24. The fraction of sp³-hybridized carbons (Fsp3) is 0.727. The zero-order valence-electron chi connectivity index (χ0n) is 8.91. The number of ketones is 1. The molecule has 0 aromatic rings. The summed E-state index contributed by atoms with van der Waals surface area (Å²) < 4.78 is 10.7. The Hall–Kier alpha value is -0.670. The first-order valence-electron chi connectivity index (χ1n) is 5.00. The van der Waals surface area contributed by atoms with Gasteiger partial charge in [0.15, 0.2) is 11.6 Å². The van der Waals surface area contributed by atoms with Crippen LogP contribution >= 0.6 is 0 Å². The van der Waals surface area contributed by atoms with Crippen molar-refractivity contribution in [3.8, 4) is 0 Å². The minimum atomic E-state index is -0.618. The van der Waals surface area contributed by atoms with Gasteiger partial charge < -0.3 is 9.47 Å². The van der Waals surface area contributed by atoms with Crippen LogP contribution < -0.4 is 0 Å². The Bertz CT molecular complexity index is 221. The number of rotatable bonds is 4. The van der Waals surface area contributed by atoms with Crippen molar-refractivity contribution < 1.29 is 14.3 Å². The summed E-state index contributed by atoms with van der Waals surface area (Å²) in [6.07, 6.45) is 4.19. The Morgan fingerprint density at radius 1 is 1.64 bits per heavy atom. The minimum Gasteiger partial charge on any atom is -0.343 e. The molecule has 0 aliphatic carbocycles. The smallest absolute Gasteiger partial charge is 0.187 e. The summed E-state index contributed by atoms with van der Waals surface area (Å²) in [5.74, 6) is -0.569. The van der Waals surface area contributed by atoms with E-state index in [0.717, 1.165) is 19.3 Å². The number of allylic oxidation sites excluding steroid dienone is 1. The minimum absolute atomic E-state index is 0.0494. The van der Waals surface area contributed by atoms with Crippen LogP contribution in [0.4, 0.5) is 0 Å². The SMILES string of the molecule is C=CCCCC1OC(C)(C)OCC1=O. The van der Waals surface area contributed by atoms with Crippen molar-refractivity contribution in [2.24, 2.45) is 0 Å². The molecule has 0 aromatic heterocycles. The molecule has 0 bridgehead atoms. The molecule has 3 nitrogen and oxygen atoms in total. The van der Waals surface area contributed by atoms with Gasteiger partial charge >= 0.3 is 0 Å². The molecule has 1 atom stereocenters. The largest absolute Gasteiger partial charge is 0.343 e. The van der Waals surface area contributed by atoms with Gasteiger partial charge in [-0.05, 0) is 33.1 Å². The Morgan fingerprint density at radius 2 is 2.36 bits per heavy atom. The first-order valence-corrected chi connectivity index (χ1v) is 5.00. The molecule has 1 rings (SSSR count). The average molecular weight is 198 g/mol. The predicted octanol–water partition coefficient (Wildman–Crippen LogP) is 2.06. The van der Waals surface area contributed by atoms with Gasteiger partial charge in [0.25, 0.3) is 0 Å². The van der Waals surface area contributed by atoms with Gasteiger partial charge in [-0.25, -0.2) is 0 Å². The van der Waals surface area contributed by atoms with Gasteiger partial charge in [0.2, 0.25) is 0 Å². The molecule has 0 N–H and O–H groups in total. The van der Waals surface area contributed by atoms with Crippen LogP contribution in [0.5, 0.6) is 0 Å². The average Bonchev–Trinajstić information content (AvgIpc) is 2.11. The molecule has 0 radical (unpaired) electrons. The van der Waals surface area contributed by atoms with Crippen LogP contribution in [-0.4, -0.2) is 24.3 Å². The molecule has 0 spiro atoms. The molecule has 1 heterocycles. The molecule has 0 aromatic carbocycles. The second-order valence-electron chi connectivity index (χ2n) is 3.98. The Morgan fingerprint density at radius 3 is 3.00 bits per heavy atom. The number of unbranched alkanes of at least 4 members (excludes halogenated alkanes) is 1. The zero-order chi connectivity index (χ0) is 10.6. The van der Waals surface area contributed by atoms with Gasteiger partial charge in [-0.3, -0.25) is 4.79 Å². The number of carbonyl (C=O) groups excluding carboxylic acids is 1. The van der Waals surface area contributed by atoms with Gasteiger partial charge in [0, 0.05) is 0 Å². The number of hydrogen-bond acceptors (Lipinski definition) is 3. The maximum Gasteiger partial charge on any atom is 0.187 e. The van der Waals surface area contributed by atoms with Gasteiger partial charge in [-0.1, -0.05) is 6.08 Å². The maximum atomic E-state index is 11.4. The maximum absolute atomic E-state index is 11.4. The quantitative estimate of drug-likeness (QED) is 0.512. The fourth-order valence-corrected chi connectivity index (χ4v) is 1.45. The summed E-state index contributed by atoms with van der Waals surface area (Å²) in [7, 11) is 0. The van der Waals surface area contributed by atoms with Crippen molar-refractivity contribution in [2.75, 3.05) is 6.61 Å². The van der Waals surface area contributed by atoms with E-state index < -0.39 is 5.79 Å². The lowest BCUT2D eigenvalue weighted by Gasteiger charge is -2.34. The van der Waals surface area contributed by atoms with E-state index in [0.29, 0.717) is 0 Å². The molecule has 1 saturated heterocycles. The molecular formula is C11H18O3. The number of carbonyl (C=O) groups is 1. The van der Waals surface area contributed by atoms with Crippen LogP contribution in [0.1, 0.15) is 33.1 Å². The summed E-state index contributed by atoms with van der Waals surface area (Å²) in [4.78, 5) is 11.4. The van der Waals surface area contributed by atoms with Crippen LogP contribution in [0.2, 0.25) is 0 Å². The van der Waals surface area contributed by atoms with Crippen molar-refractivity contribution in [3.63, 3.8) is 0 Å². The van der Waals surface area contributed by atoms with E-state index in [4.69, 9.17) is 9.47 Å². The van der Waals surface area contributed by atoms with Gasteiger partial charge in [0.05, 0.1) is 0 Å². The van der Waals surface area contributed by atoms with Gasteiger partial charge in [-0.2, -0.15) is 0 Å². The molecule has 0 saturated carbocycles. The van der Waals surface area contributed by atoms with Crippen LogP contribution in [-0.2, 0) is 14.3 Å². The van der Waals surface area contributed by atoms with Crippen molar-refractivity contribution in [2.45, 2.75) is 45.0 Å². The lowest BCUT2D eigenvalue weighted by atomic mass is 10.1. The molecular weight excluding hydrogens is 180 g/mol. The second-order valence-corrected chi connectivity index (χ2v) is 3.98. The van der Waals surface area contributed by atoms with Crippen LogP contribution in [0.15, 0.2) is 12.7 Å². The van der Waals surface area contributed by atoms with Gasteiger partial charge in [-0.15, -0.1) is 6.58 Å². The van der Waals surface area contributed by atoms with E-state index in [1.807, 2.05) is 19.9 Å².